The number of halogens is 5. The summed E-state index contributed by atoms with van der Waals surface area (Å²) in [4.78, 5) is 18.6. The Morgan fingerprint density at radius 1 is 1.19 bits per heavy atom. The fourth-order valence-electron chi connectivity index (χ4n) is 2.37. The lowest BCUT2D eigenvalue weighted by molar-refractivity contribution is -0.137. The second-order valence-corrected chi connectivity index (χ2v) is 5.93. The fourth-order valence-corrected chi connectivity index (χ4v) is 2.66. The topological polar surface area (TPSA) is 83.8 Å². The van der Waals surface area contributed by atoms with Crippen LogP contribution in [0.25, 0.3) is 11.3 Å². The van der Waals surface area contributed by atoms with Gasteiger partial charge >= 0.3 is 6.18 Å². The Bertz CT molecular complexity index is 1020. The number of nitrogens with two attached hydrogens (primary N) is 1. The van der Waals surface area contributed by atoms with E-state index in [0.717, 1.165) is 18.2 Å². The molecular formula is C17H11ClF4N4O. The molecule has 3 rings (SSSR count). The molecule has 27 heavy (non-hydrogen) atoms. The van der Waals surface area contributed by atoms with Crippen LogP contribution in [-0.2, 0) is 6.18 Å². The van der Waals surface area contributed by atoms with Gasteiger partial charge in [-0.05, 0) is 36.4 Å². The number of hydrogen-bond acceptors (Lipinski definition) is 3. The third-order valence-electron chi connectivity index (χ3n) is 3.65. The van der Waals surface area contributed by atoms with Crippen molar-refractivity contribution in [3.8, 4) is 11.3 Å². The molecule has 1 amide bonds. The van der Waals surface area contributed by atoms with Crippen LogP contribution >= 0.6 is 11.6 Å². The summed E-state index contributed by atoms with van der Waals surface area (Å²) in [6.45, 7) is 0. The van der Waals surface area contributed by atoms with Crippen LogP contribution in [0, 0.1) is 5.82 Å². The van der Waals surface area contributed by atoms with Crippen molar-refractivity contribution in [1.82, 2.24) is 9.97 Å². The summed E-state index contributed by atoms with van der Waals surface area (Å²) >= 11 is 5.60. The number of benzene rings is 2. The third-order valence-corrected chi connectivity index (χ3v) is 3.96. The van der Waals surface area contributed by atoms with Crippen molar-refractivity contribution < 1.29 is 22.4 Å². The number of amides is 1. The summed E-state index contributed by atoms with van der Waals surface area (Å²) in [7, 11) is 0. The first kappa shape index (κ1) is 18.7. The molecule has 1 heterocycles. The number of H-pyrrole nitrogens is 1. The minimum absolute atomic E-state index is 0.0983. The maximum absolute atomic E-state index is 14.3. The van der Waals surface area contributed by atoms with E-state index in [0.29, 0.717) is 11.8 Å². The number of anilines is 2. The minimum Gasteiger partial charge on any atom is -0.369 e. The van der Waals surface area contributed by atoms with Crippen molar-refractivity contribution in [2.45, 2.75) is 6.18 Å². The summed E-state index contributed by atoms with van der Waals surface area (Å²) in [5.41, 5.74) is 4.97. The number of hydrogen-bond donors (Lipinski definition) is 3. The molecule has 0 fully saturated rings. The molecule has 10 heteroatoms. The van der Waals surface area contributed by atoms with Crippen molar-refractivity contribution in [3.63, 3.8) is 0 Å². The summed E-state index contributed by atoms with van der Waals surface area (Å²) < 4.78 is 52.4. The fraction of sp³-hybridized carbons (Fsp3) is 0.0588. The second-order valence-electron chi connectivity index (χ2n) is 5.52. The van der Waals surface area contributed by atoms with Crippen LogP contribution in [0.15, 0.2) is 42.6 Å². The first-order valence-electron chi connectivity index (χ1n) is 7.43. The minimum atomic E-state index is -4.62. The first-order valence-corrected chi connectivity index (χ1v) is 7.81. The zero-order valence-corrected chi connectivity index (χ0v) is 14.1. The van der Waals surface area contributed by atoms with Crippen LogP contribution in [0.2, 0.25) is 5.02 Å². The Morgan fingerprint density at radius 3 is 2.48 bits per heavy atom. The number of aromatic nitrogens is 2. The van der Waals surface area contributed by atoms with Gasteiger partial charge in [0.2, 0.25) is 0 Å². The van der Waals surface area contributed by atoms with Gasteiger partial charge in [0.05, 0.1) is 22.5 Å². The molecule has 2 aromatic carbocycles. The molecular weight excluding hydrogens is 388 g/mol. The van der Waals surface area contributed by atoms with Gasteiger partial charge in [0.15, 0.2) is 5.95 Å². The quantitative estimate of drug-likeness (QED) is 0.558. The van der Waals surface area contributed by atoms with E-state index in [1.54, 1.807) is 0 Å². The van der Waals surface area contributed by atoms with Crippen LogP contribution in [0.3, 0.4) is 0 Å². The van der Waals surface area contributed by atoms with Gasteiger partial charge in [-0.25, -0.2) is 9.37 Å². The van der Waals surface area contributed by atoms with Gasteiger partial charge in [-0.3, -0.25) is 4.79 Å². The molecule has 0 atom stereocenters. The molecule has 0 radical (unpaired) electrons. The van der Waals surface area contributed by atoms with Gasteiger partial charge in [0.1, 0.15) is 5.82 Å². The van der Waals surface area contributed by atoms with E-state index in [1.807, 2.05) is 0 Å². The molecule has 5 nitrogen and oxygen atoms in total. The summed E-state index contributed by atoms with van der Waals surface area (Å²) in [5, 5.41) is 1.80. The van der Waals surface area contributed by atoms with Crippen LogP contribution < -0.4 is 11.1 Å². The Hall–Kier alpha value is -3.07. The molecule has 0 saturated carbocycles. The molecule has 0 saturated heterocycles. The van der Waals surface area contributed by atoms with Gasteiger partial charge in [0, 0.05) is 16.8 Å². The van der Waals surface area contributed by atoms with Gasteiger partial charge in [-0.1, -0.05) is 11.6 Å². The Kier molecular flexibility index (Phi) is 4.79. The molecule has 3 aromatic rings. The maximum atomic E-state index is 14.3. The van der Waals surface area contributed by atoms with Crippen LogP contribution in [0.5, 0.6) is 0 Å². The molecule has 0 aliphatic carbocycles. The van der Waals surface area contributed by atoms with Crippen molar-refractivity contribution in [1.29, 1.82) is 0 Å². The normalized spacial score (nSPS) is 11.4. The number of nitrogen functional groups attached to an aromatic ring is 1. The van der Waals surface area contributed by atoms with Gasteiger partial charge < -0.3 is 16.0 Å². The van der Waals surface area contributed by atoms with E-state index in [1.165, 1.54) is 18.3 Å². The molecule has 0 bridgehead atoms. The number of nitrogens with zero attached hydrogens (tertiary/aromatic N) is 1. The average molecular weight is 399 g/mol. The lowest BCUT2D eigenvalue weighted by Crippen LogP contribution is -2.13. The van der Waals surface area contributed by atoms with Gasteiger partial charge in [-0.15, -0.1) is 0 Å². The SMILES string of the molecule is Nc1ncc(-c2ccc(NC(=O)c3ccc(C(F)(F)F)c(Cl)c3)cc2F)[nH]1. The number of carbonyl (C=O) groups is 1. The summed E-state index contributed by atoms with van der Waals surface area (Å²) in [6, 6.07) is 6.50. The molecule has 140 valence electrons. The van der Waals surface area contributed by atoms with E-state index in [4.69, 9.17) is 17.3 Å². The summed E-state index contributed by atoms with van der Waals surface area (Å²) in [5.74, 6) is -1.26. The van der Waals surface area contributed by atoms with E-state index >= 15 is 0 Å². The molecule has 0 aliphatic heterocycles. The number of imidazole rings is 1. The highest BCUT2D eigenvalue weighted by atomic mass is 35.5. The van der Waals surface area contributed by atoms with Crippen molar-refractivity contribution in [2.75, 3.05) is 11.1 Å². The highest BCUT2D eigenvalue weighted by Gasteiger charge is 2.33. The lowest BCUT2D eigenvalue weighted by Gasteiger charge is -2.11. The molecule has 0 spiro atoms. The van der Waals surface area contributed by atoms with Gasteiger partial charge in [-0.2, -0.15) is 13.2 Å². The number of alkyl halides is 3. The largest absolute Gasteiger partial charge is 0.417 e. The predicted octanol–water partition coefficient (Wildman–Crippen LogP) is 4.72. The molecule has 0 unspecified atom stereocenters. The van der Waals surface area contributed by atoms with Crippen LogP contribution in [0.1, 0.15) is 15.9 Å². The highest BCUT2D eigenvalue weighted by molar-refractivity contribution is 6.32. The van der Waals surface area contributed by atoms with E-state index < -0.39 is 28.5 Å². The number of aromatic amines is 1. The zero-order valence-electron chi connectivity index (χ0n) is 13.4. The maximum Gasteiger partial charge on any atom is 0.417 e. The Morgan fingerprint density at radius 2 is 1.93 bits per heavy atom. The number of nitrogens with one attached hydrogen (secondary N) is 2. The standard InChI is InChI=1S/C17H11ClF4N4O/c18-12-5-8(1-4-11(12)17(20,21)22)15(27)25-9-2-3-10(13(19)6-9)14-7-24-16(23)26-14/h1-7H,(H,25,27)(H3,23,24,26). The summed E-state index contributed by atoms with van der Waals surface area (Å²) in [6.07, 6.45) is -3.27. The number of carbonyl (C=O) groups excluding carboxylic acids is 1. The second kappa shape index (κ2) is 6.92. The highest BCUT2D eigenvalue weighted by Crippen LogP contribution is 2.35. The third kappa shape index (κ3) is 4.03. The van der Waals surface area contributed by atoms with Crippen molar-refractivity contribution in [3.05, 3.63) is 64.6 Å². The molecule has 1 aromatic heterocycles. The number of rotatable bonds is 3. The Balaban J connectivity index is 1.80. The zero-order chi connectivity index (χ0) is 19.8. The van der Waals surface area contributed by atoms with Crippen LogP contribution in [-0.4, -0.2) is 15.9 Å². The van der Waals surface area contributed by atoms with E-state index in [9.17, 15) is 22.4 Å². The first-order chi connectivity index (χ1) is 12.6. The molecule has 4 N–H and O–H groups in total. The van der Waals surface area contributed by atoms with E-state index in [2.05, 4.69) is 15.3 Å². The van der Waals surface area contributed by atoms with Crippen LogP contribution in [0.4, 0.5) is 29.2 Å². The average Bonchev–Trinajstić information content (AvgIpc) is 2.99. The predicted molar refractivity (Wildman–Crippen MR) is 92.8 cm³/mol. The van der Waals surface area contributed by atoms with Crippen molar-refractivity contribution in [2.24, 2.45) is 0 Å². The lowest BCUT2D eigenvalue weighted by atomic mass is 10.1. The monoisotopic (exact) mass is 398 g/mol. The van der Waals surface area contributed by atoms with Crippen molar-refractivity contribution >= 4 is 29.1 Å². The van der Waals surface area contributed by atoms with E-state index in [-0.39, 0.29) is 22.8 Å². The Labute approximate surface area is 155 Å². The van der Waals surface area contributed by atoms with Gasteiger partial charge in [0.25, 0.3) is 5.91 Å². The molecule has 0 aliphatic rings. The smallest absolute Gasteiger partial charge is 0.369 e.